The summed E-state index contributed by atoms with van der Waals surface area (Å²) in [5.74, 6) is -0.549. The molecule has 0 heterocycles. The van der Waals surface area contributed by atoms with Crippen molar-refractivity contribution in [2.45, 2.75) is 11.8 Å². The summed E-state index contributed by atoms with van der Waals surface area (Å²) in [5, 5.41) is 0. The Bertz CT molecular complexity index is 850. The Kier molecular flexibility index (Phi) is 6.11. The molecule has 0 aliphatic heterocycles. The minimum absolute atomic E-state index is 0.0150. The van der Waals surface area contributed by atoms with E-state index in [1.807, 2.05) is 0 Å². The molecule has 0 saturated heterocycles. The first-order chi connectivity index (χ1) is 11.8. The summed E-state index contributed by atoms with van der Waals surface area (Å²) in [7, 11) is -2.57. The quantitative estimate of drug-likeness (QED) is 0.600. The average molecular weight is 367 g/mol. The fourth-order valence-corrected chi connectivity index (χ4v) is 3.10. The van der Waals surface area contributed by atoms with E-state index in [2.05, 4.69) is 9.46 Å². The minimum Gasteiger partial charge on any atom is -0.492 e. The number of halogens is 1. The SMILES string of the molecule is COC(=O)c1cc(S(=O)(=O)NCCOc2ccc(F)cc2)ccc1C. The van der Waals surface area contributed by atoms with Crippen LogP contribution in [0.15, 0.2) is 47.4 Å². The third kappa shape index (κ3) is 5.01. The maximum Gasteiger partial charge on any atom is 0.338 e. The molecule has 0 spiro atoms. The van der Waals surface area contributed by atoms with Gasteiger partial charge in [-0.3, -0.25) is 0 Å². The fourth-order valence-electron chi connectivity index (χ4n) is 2.06. The molecule has 0 aromatic heterocycles. The predicted molar refractivity (Wildman–Crippen MR) is 89.6 cm³/mol. The summed E-state index contributed by atoms with van der Waals surface area (Å²) in [6, 6.07) is 9.62. The largest absolute Gasteiger partial charge is 0.492 e. The molecule has 0 bridgehead atoms. The molecule has 8 heteroatoms. The van der Waals surface area contributed by atoms with Gasteiger partial charge in [0.1, 0.15) is 18.2 Å². The van der Waals surface area contributed by atoms with E-state index in [9.17, 15) is 17.6 Å². The molecule has 2 rings (SSSR count). The number of carbonyl (C=O) groups is 1. The van der Waals surface area contributed by atoms with Crippen LogP contribution in [-0.2, 0) is 14.8 Å². The summed E-state index contributed by atoms with van der Waals surface area (Å²) < 4.78 is 49.7. The number of nitrogens with one attached hydrogen (secondary N) is 1. The van der Waals surface area contributed by atoms with Crippen molar-refractivity contribution >= 4 is 16.0 Å². The lowest BCUT2D eigenvalue weighted by Gasteiger charge is -2.10. The summed E-state index contributed by atoms with van der Waals surface area (Å²) in [4.78, 5) is 11.6. The number of rotatable bonds is 7. The van der Waals surface area contributed by atoms with Gasteiger partial charge in [0.05, 0.1) is 17.6 Å². The monoisotopic (exact) mass is 367 g/mol. The zero-order valence-corrected chi connectivity index (χ0v) is 14.6. The number of ether oxygens (including phenoxy) is 2. The molecule has 6 nitrogen and oxygen atoms in total. The van der Waals surface area contributed by atoms with Crippen molar-refractivity contribution in [1.29, 1.82) is 0 Å². The third-order valence-electron chi connectivity index (χ3n) is 3.40. The van der Waals surface area contributed by atoms with Gasteiger partial charge in [-0.25, -0.2) is 22.3 Å². The van der Waals surface area contributed by atoms with Crippen molar-refractivity contribution in [2.75, 3.05) is 20.3 Å². The molecule has 0 amide bonds. The molecule has 0 aliphatic rings. The zero-order valence-electron chi connectivity index (χ0n) is 13.8. The first-order valence-electron chi connectivity index (χ1n) is 7.40. The number of methoxy groups -OCH3 is 1. The van der Waals surface area contributed by atoms with Crippen LogP contribution in [0.4, 0.5) is 4.39 Å². The molecular weight excluding hydrogens is 349 g/mol. The highest BCUT2D eigenvalue weighted by molar-refractivity contribution is 7.89. The minimum atomic E-state index is -3.80. The molecule has 0 atom stereocenters. The van der Waals surface area contributed by atoms with E-state index >= 15 is 0 Å². The molecule has 2 aromatic rings. The maximum absolute atomic E-state index is 12.8. The molecule has 134 valence electrons. The van der Waals surface area contributed by atoms with E-state index in [1.54, 1.807) is 6.92 Å². The van der Waals surface area contributed by atoms with Gasteiger partial charge in [0.2, 0.25) is 10.0 Å². The van der Waals surface area contributed by atoms with Crippen LogP contribution in [0.3, 0.4) is 0 Å². The van der Waals surface area contributed by atoms with E-state index in [1.165, 1.54) is 49.6 Å². The van der Waals surface area contributed by atoms with Crippen molar-refractivity contribution in [3.63, 3.8) is 0 Å². The number of carbonyl (C=O) groups excluding carboxylic acids is 1. The topological polar surface area (TPSA) is 81.7 Å². The van der Waals surface area contributed by atoms with Gasteiger partial charge >= 0.3 is 5.97 Å². The van der Waals surface area contributed by atoms with Gasteiger partial charge in [0.15, 0.2) is 0 Å². The standard InChI is InChI=1S/C17H18FNO5S/c1-12-3-8-15(11-16(12)17(20)23-2)25(21,22)19-9-10-24-14-6-4-13(18)5-7-14/h3-8,11,19H,9-10H2,1-2H3. The van der Waals surface area contributed by atoms with Crippen LogP contribution >= 0.6 is 0 Å². The van der Waals surface area contributed by atoms with Crippen molar-refractivity contribution in [2.24, 2.45) is 0 Å². The van der Waals surface area contributed by atoms with Gasteiger partial charge in [-0.1, -0.05) is 6.07 Å². The van der Waals surface area contributed by atoms with Crippen LogP contribution in [0.1, 0.15) is 15.9 Å². The number of hydrogen-bond donors (Lipinski definition) is 1. The summed E-state index contributed by atoms with van der Waals surface area (Å²) >= 11 is 0. The molecule has 0 saturated carbocycles. The van der Waals surface area contributed by atoms with Gasteiger partial charge in [-0.2, -0.15) is 0 Å². The first kappa shape index (κ1) is 18.9. The van der Waals surface area contributed by atoms with Crippen molar-refractivity contribution in [3.8, 4) is 5.75 Å². The summed E-state index contributed by atoms with van der Waals surface area (Å²) in [6.45, 7) is 1.77. The van der Waals surface area contributed by atoms with E-state index in [4.69, 9.17) is 4.74 Å². The zero-order chi connectivity index (χ0) is 18.4. The second-order valence-corrected chi connectivity index (χ2v) is 6.94. The number of esters is 1. The third-order valence-corrected chi connectivity index (χ3v) is 4.86. The number of sulfonamides is 1. The lowest BCUT2D eigenvalue weighted by Crippen LogP contribution is -2.28. The highest BCUT2D eigenvalue weighted by atomic mass is 32.2. The first-order valence-corrected chi connectivity index (χ1v) is 8.89. The highest BCUT2D eigenvalue weighted by Gasteiger charge is 2.18. The van der Waals surface area contributed by atoms with Crippen LogP contribution < -0.4 is 9.46 Å². The van der Waals surface area contributed by atoms with E-state index in [0.717, 1.165) is 0 Å². The fraction of sp³-hybridized carbons (Fsp3) is 0.235. The van der Waals surface area contributed by atoms with Gasteiger partial charge in [0, 0.05) is 6.54 Å². The predicted octanol–water partition coefficient (Wildman–Crippen LogP) is 2.28. The van der Waals surface area contributed by atoms with E-state index in [0.29, 0.717) is 11.3 Å². The second kappa shape index (κ2) is 8.09. The van der Waals surface area contributed by atoms with E-state index in [-0.39, 0.29) is 29.4 Å². The van der Waals surface area contributed by atoms with Crippen LogP contribution in [0, 0.1) is 12.7 Å². The molecule has 0 aliphatic carbocycles. The Morgan fingerprint density at radius 3 is 2.48 bits per heavy atom. The van der Waals surface area contributed by atoms with Gasteiger partial charge in [0.25, 0.3) is 0 Å². The van der Waals surface area contributed by atoms with Gasteiger partial charge in [-0.15, -0.1) is 0 Å². The Hall–Kier alpha value is -2.45. The molecule has 0 unspecified atom stereocenters. The number of aryl methyl sites for hydroxylation is 1. The Balaban J connectivity index is 1.99. The van der Waals surface area contributed by atoms with Gasteiger partial charge in [-0.05, 0) is 48.9 Å². The number of benzene rings is 2. The van der Waals surface area contributed by atoms with Gasteiger partial charge < -0.3 is 9.47 Å². The average Bonchev–Trinajstić information content (AvgIpc) is 2.60. The van der Waals surface area contributed by atoms with Crippen LogP contribution in [-0.4, -0.2) is 34.6 Å². The van der Waals surface area contributed by atoms with Crippen LogP contribution in [0.2, 0.25) is 0 Å². The van der Waals surface area contributed by atoms with Crippen LogP contribution in [0.5, 0.6) is 5.75 Å². The number of hydrogen-bond acceptors (Lipinski definition) is 5. The highest BCUT2D eigenvalue weighted by Crippen LogP contribution is 2.16. The Morgan fingerprint density at radius 2 is 1.84 bits per heavy atom. The second-order valence-electron chi connectivity index (χ2n) is 5.17. The van der Waals surface area contributed by atoms with Crippen molar-refractivity contribution in [3.05, 3.63) is 59.4 Å². The maximum atomic E-state index is 12.8. The lowest BCUT2D eigenvalue weighted by atomic mass is 10.1. The lowest BCUT2D eigenvalue weighted by molar-refractivity contribution is 0.0599. The molecular formula is C17H18FNO5S. The summed E-state index contributed by atoms with van der Waals surface area (Å²) in [6.07, 6.45) is 0. The molecule has 1 N–H and O–H groups in total. The van der Waals surface area contributed by atoms with E-state index < -0.39 is 16.0 Å². The van der Waals surface area contributed by atoms with Crippen molar-refractivity contribution in [1.82, 2.24) is 4.72 Å². The Morgan fingerprint density at radius 1 is 1.16 bits per heavy atom. The Labute approximate surface area is 145 Å². The molecule has 2 aromatic carbocycles. The molecule has 0 fully saturated rings. The molecule has 0 radical (unpaired) electrons. The normalized spacial score (nSPS) is 11.2. The van der Waals surface area contributed by atoms with Crippen LogP contribution in [0.25, 0.3) is 0 Å². The smallest absolute Gasteiger partial charge is 0.338 e. The van der Waals surface area contributed by atoms with Crippen molar-refractivity contribution < 1.29 is 27.1 Å². The summed E-state index contributed by atoms with van der Waals surface area (Å²) in [5.41, 5.74) is 0.804. The molecule has 25 heavy (non-hydrogen) atoms.